The second-order valence-electron chi connectivity index (χ2n) is 6.63. The maximum absolute atomic E-state index is 12.5. The van der Waals surface area contributed by atoms with Gasteiger partial charge in [0.2, 0.25) is 5.82 Å². The van der Waals surface area contributed by atoms with Crippen LogP contribution in [0.3, 0.4) is 0 Å². The normalized spacial score (nSPS) is 19.2. The zero-order valence-electron chi connectivity index (χ0n) is 14.9. The molecule has 0 bridgehead atoms. The number of benzene rings is 1. The van der Waals surface area contributed by atoms with E-state index in [0.29, 0.717) is 41.2 Å². The summed E-state index contributed by atoms with van der Waals surface area (Å²) in [7, 11) is 0. The van der Waals surface area contributed by atoms with E-state index in [0.717, 1.165) is 0 Å². The molecule has 0 spiro atoms. The predicted molar refractivity (Wildman–Crippen MR) is 107 cm³/mol. The van der Waals surface area contributed by atoms with E-state index in [9.17, 15) is 9.90 Å². The molecule has 3 N–H and O–H groups in total. The van der Waals surface area contributed by atoms with Crippen molar-refractivity contribution in [3.8, 4) is 5.69 Å². The molecular weight excluding hydrogens is 413 g/mol. The van der Waals surface area contributed by atoms with Gasteiger partial charge in [-0.1, -0.05) is 43.1 Å². The van der Waals surface area contributed by atoms with E-state index >= 15 is 0 Å². The molecule has 148 valence electrons. The second-order valence-corrected chi connectivity index (χ2v) is 7.44. The molecule has 2 aromatic rings. The van der Waals surface area contributed by atoms with E-state index in [1.54, 1.807) is 18.2 Å². The second kappa shape index (κ2) is 9.21. The van der Waals surface area contributed by atoms with Crippen molar-refractivity contribution in [3.05, 3.63) is 39.9 Å². The molecule has 0 saturated carbocycles. The molecule has 1 aromatic heterocycles. The summed E-state index contributed by atoms with van der Waals surface area (Å²) in [4.78, 5) is 16.9. The Kier molecular flexibility index (Phi) is 7.47. The fourth-order valence-electron chi connectivity index (χ4n) is 2.88. The molecule has 2 atom stereocenters. The van der Waals surface area contributed by atoms with Gasteiger partial charge in [-0.3, -0.25) is 4.79 Å². The average molecular weight is 435 g/mol. The smallest absolute Gasteiger partial charge is 0.290 e. The first kappa shape index (κ1) is 21.9. The highest BCUT2D eigenvalue weighted by Crippen LogP contribution is 2.30. The Morgan fingerprint density at radius 1 is 1.37 bits per heavy atom. The zero-order chi connectivity index (χ0) is 18.8. The largest absolute Gasteiger partial charge is 0.391 e. The number of aliphatic hydroxyl groups is 1. The van der Waals surface area contributed by atoms with Gasteiger partial charge < -0.3 is 15.7 Å². The summed E-state index contributed by atoms with van der Waals surface area (Å²) in [5, 5.41) is 20.9. The SMILES string of the molecule is CC(C)c1nc(C(=O)NCC2CNCC2O)nn1-c1c(Cl)cccc1Cl.Cl. The predicted octanol–water partition coefficient (Wildman–Crippen LogP) is 2.43. The van der Waals surface area contributed by atoms with Gasteiger partial charge in [0.1, 0.15) is 11.5 Å². The van der Waals surface area contributed by atoms with Crippen LogP contribution in [0.25, 0.3) is 5.69 Å². The maximum atomic E-state index is 12.5. The van der Waals surface area contributed by atoms with Crippen LogP contribution < -0.4 is 10.6 Å². The molecular formula is C17H22Cl3N5O2. The maximum Gasteiger partial charge on any atom is 0.290 e. The van der Waals surface area contributed by atoms with Crippen LogP contribution in [0.5, 0.6) is 0 Å². The van der Waals surface area contributed by atoms with E-state index in [1.165, 1.54) is 4.68 Å². The number of carbonyl (C=O) groups is 1. The van der Waals surface area contributed by atoms with Crippen molar-refractivity contribution in [2.45, 2.75) is 25.9 Å². The van der Waals surface area contributed by atoms with Crippen LogP contribution in [0.1, 0.15) is 36.2 Å². The number of hydrogen-bond acceptors (Lipinski definition) is 5. The number of halogens is 3. The quantitative estimate of drug-likeness (QED) is 0.672. The van der Waals surface area contributed by atoms with Crippen molar-refractivity contribution in [2.24, 2.45) is 5.92 Å². The number of nitrogens with zero attached hydrogens (tertiary/aromatic N) is 3. The minimum Gasteiger partial charge on any atom is -0.391 e. The monoisotopic (exact) mass is 433 g/mol. The first-order valence-electron chi connectivity index (χ1n) is 8.46. The Hall–Kier alpha value is -1.38. The van der Waals surface area contributed by atoms with E-state index in [-0.39, 0.29) is 30.1 Å². The Labute approximate surface area is 173 Å². The number of aliphatic hydroxyl groups excluding tert-OH is 1. The molecule has 10 heteroatoms. The van der Waals surface area contributed by atoms with Crippen molar-refractivity contribution in [1.29, 1.82) is 0 Å². The summed E-state index contributed by atoms with van der Waals surface area (Å²) in [5.74, 6) is 0.228. The summed E-state index contributed by atoms with van der Waals surface area (Å²) < 4.78 is 1.52. The topological polar surface area (TPSA) is 92.1 Å². The summed E-state index contributed by atoms with van der Waals surface area (Å²) in [6.45, 7) is 5.46. The van der Waals surface area contributed by atoms with Crippen molar-refractivity contribution in [1.82, 2.24) is 25.4 Å². The molecule has 1 amide bonds. The van der Waals surface area contributed by atoms with E-state index in [4.69, 9.17) is 23.2 Å². The Balaban J connectivity index is 0.00000261. The highest BCUT2D eigenvalue weighted by molar-refractivity contribution is 6.37. The van der Waals surface area contributed by atoms with Crippen molar-refractivity contribution in [2.75, 3.05) is 19.6 Å². The Bertz CT molecular complexity index is 792. The summed E-state index contributed by atoms with van der Waals surface area (Å²) in [5.41, 5.74) is 0.501. The molecule has 27 heavy (non-hydrogen) atoms. The van der Waals surface area contributed by atoms with Gasteiger partial charge in [0.25, 0.3) is 5.91 Å². The number of aromatic nitrogens is 3. The third kappa shape index (κ3) is 4.73. The number of nitrogens with one attached hydrogen (secondary N) is 2. The molecule has 1 aromatic carbocycles. The molecule has 3 rings (SSSR count). The van der Waals surface area contributed by atoms with E-state index in [2.05, 4.69) is 20.7 Å². The lowest BCUT2D eigenvalue weighted by molar-refractivity contribution is 0.0917. The lowest BCUT2D eigenvalue weighted by Gasteiger charge is -2.13. The first-order valence-corrected chi connectivity index (χ1v) is 9.22. The lowest BCUT2D eigenvalue weighted by Crippen LogP contribution is -2.34. The van der Waals surface area contributed by atoms with Crippen molar-refractivity contribution >= 4 is 41.5 Å². The molecule has 1 aliphatic rings. The highest BCUT2D eigenvalue weighted by Gasteiger charge is 2.27. The summed E-state index contributed by atoms with van der Waals surface area (Å²) in [6, 6.07) is 5.17. The minimum atomic E-state index is -0.464. The third-order valence-corrected chi connectivity index (χ3v) is 4.94. The van der Waals surface area contributed by atoms with Crippen LogP contribution in [0, 0.1) is 5.92 Å². The zero-order valence-corrected chi connectivity index (χ0v) is 17.3. The number of carbonyl (C=O) groups excluding carboxylic acids is 1. The molecule has 7 nitrogen and oxygen atoms in total. The molecule has 2 heterocycles. The van der Waals surface area contributed by atoms with Crippen LogP contribution in [-0.2, 0) is 0 Å². The standard InChI is InChI=1S/C17H21Cl2N5O2.ClH/c1-9(2)16-22-15(17(26)21-7-10-6-20-8-13(10)25)23-24(16)14-11(18)4-3-5-12(14)19;/h3-5,9-10,13,20,25H,6-8H2,1-2H3,(H,21,26);1H. The Morgan fingerprint density at radius 3 is 2.59 bits per heavy atom. The number of β-amino-alcohol motifs (C(OH)–C–C–N with tert-alkyl or cyclic N) is 1. The van der Waals surface area contributed by atoms with Gasteiger partial charge in [0, 0.05) is 31.5 Å². The van der Waals surface area contributed by atoms with Gasteiger partial charge in [-0.05, 0) is 12.1 Å². The van der Waals surface area contributed by atoms with Gasteiger partial charge >= 0.3 is 0 Å². The van der Waals surface area contributed by atoms with Crippen LogP contribution in [-0.4, -0.2) is 51.5 Å². The molecule has 1 saturated heterocycles. The van der Waals surface area contributed by atoms with Gasteiger partial charge in [0.15, 0.2) is 0 Å². The molecule has 2 unspecified atom stereocenters. The number of amides is 1. The van der Waals surface area contributed by atoms with Crippen molar-refractivity contribution < 1.29 is 9.90 Å². The van der Waals surface area contributed by atoms with Crippen LogP contribution in [0.4, 0.5) is 0 Å². The van der Waals surface area contributed by atoms with Crippen LogP contribution >= 0.6 is 35.6 Å². The highest BCUT2D eigenvalue weighted by atomic mass is 35.5. The van der Waals surface area contributed by atoms with E-state index < -0.39 is 12.0 Å². The van der Waals surface area contributed by atoms with Crippen LogP contribution in [0.2, 0.25) is 10.0 Å². The fourth-order valence-corrected chi connectivity index (χ4v) is 3.44. The molecule has 1 aliphatic heterocycles. The lowest BCUT2D eigenvalue weighted by atomic mass is 10.1. The van der Waals surface area contributed by atoms with Gasteiger partial charge in [-0.15, -0.1) is 17.5 Å². The summed E-state index contributed by atoms with van der Waals surface area (Å²) >= 11 is 12.6. The minimum absolute atomic E-state index is 0. The number of rotatable bonds is 5. The average Bonchev–Trinajstić information content (AvgIpc) is 3.19. The third-order valence-electron chi connectivity index (χ3n) is 4.33. The Morgan fingerprint density at radius 2 is 2.04 bits per heavy atom. The van der Waals surface area contributed by atoms with Gasteiger partial charge in [0.05, 0.1) is 16.1 Å². The first-order chi connectivity index (χ1) is 12.4. The molecule has 0 aliphatic carbocycles. The number of hydrogen-bond donors (Lipinski definition) is 3. The molecule has 0 radical (unpaired) electrons. The number of para-hydroxylation sites is 1. The van der Waals surface area contributed by atoms with Gasteiger partial charge in [-0.25, -0.2) is 9.67 Å². The van der Waals surface area contributed by atoms with Crippen molar-refractivity contribution in [3.63, 3.8) is 0 Å². The van der Waals surface area contributed by atoms with Crippen LogP contribution in [0.15, 0.2) is 18.2 Å². The van der Waals surface area contributed by atoms with Gasteiger partial charge in [-0.2, -0.15) is 0 Å². The molecule has 1 fully saturated rings. The fraction of sp³-hybridized carbons (Fsp3) is 0.471. The van der Waals surface area contributed by atoms with E-state index in [1.807, 2.05) is 13.8 Å². The summed E-state index contributed by atoms with van der Waals surface area (Å²) in [6.07, 6.45) is -0.464.